The Morgan fingerprint density at radius 1 is 1.28 bits per heavy atom. The van der Waals surface area contributed by atoms with E-state index in [1.807, 2.05) is 31.2 Å². The quantitative estimate of drug-likeness (QED) is 0.788. The molecule has 3 heteroatoms. The van der Waals surface area contributed by atoms with E-state index in [0.29, 0.717) is 5.56 Å². The van der Waals surface area contributed by atoms with Crippen LogP contribution in [0.1, 0.15) is 48.0 Å². The van der Waals surface area contributed by atoms with Crippen molar-refractivity contribution in [3.05, 3.63) is 35.4 Å². The molecule has 2 atom stereocenters. The number of benzene rings is 1. The summed E-state index contributed by atoms with van der Waals surface area (Å²) in [6.45, 7) is 1.97. The second-order valence-corrected chi connectivity index (χ2v) is 5.15. The molecule has 1 aromatic rings. The number of carbonyl (C=O) groups excluding carboxylic acids is 1. The van der Waals surface area contributed by atoms with Gasteiger partial charge >= 0.3 is 0 Å². The molecule has 2 N–H and O–H groups in total. The highest BCUT2D eigenvalue weighted by Gasteiger charge is 2.23. The average molecular weight is 247 g/mol. The molecule has 1 saturated carbocycles. The summed E-state index contributed by atoms with van der Waals surface area (Å²) in [5.41, 5.74) is 1.75. The number of aliphatic hydroxyl groups is 1. The van der Waals surface area contributed by atoms with Gasteiger partial charge in [-0.1, -0.05) is 37.0 Å². The van der Waals surface area contributed by atoms with Gasteiger partial charge in [0.15, 0.2) is 0 Å². The molecule has 2 unspecified atom stereocenters. The highest BCUT2D eigenvalue weighted by atomic mass is 16.3. The molecule has 0 aliphatic heterocycles. The molecule has 0 heterocycles. The van der Waals surface area contributed by atoms with Crippen LogP contribution in [0, 0.1) is 6.92 Å². The normalized spacial score (nSPS) is 24.3. The number of aryl methyl sites for hydroxylation is 1. The SMILES string of the molecule is Cc1cccc(C(=O)NC2CCCCCC2O)c1. The Bertz CT molecular complexity index is 417. The minimum atomic E-state index is -0.402. The first-order chi connectivity index (χ1) is 8.66. The Balaban J connectivity index is 2.01. The van der Waals surface area contributed by atoms with Gasteiger partial charge in [0.25, 0.3) is 5.91 Å². The van der Waals surface area contributed by atoms with Crippen LogP contribution in [0.25, 0.3) is 0 Å². The van der Waals surface area contributed by atoms with Crippen molar-refractivity contribution < 1.29 is 9.90 Å². The molecule has 1 aliphatic rings. The number of carbonyl (C=O) groups is 1. The van der Waals surface area contributed by atoms with Crippen molar-refractivity contribution in [2.24, 2.45) is 0 Å². The maximum absolute atomic E-state index is 12.1. The fraction of sp³-hybridized carbons (Fsp3) is 0.533. The molecule has 1 fully saturated rings. The monoisotopic (exact) mass is 247 g/mol. The van der Waals surface area contributed by atoms with Crippen molar-refractivity contribution in [3.63, 3.8) is 0 Å². The minimum Gasteiger partial charge on any atom is -0.391 e. The van der Waals surface area contributed by atoms with E-state index in [4.69, 9.17) is 0 Å². The van der Waals surface area contributed by atoms with Gasteiger partial charge in [0.1, 0.15) is 0 Å². The van der Waals surface area contributed by atoms with Crippen molar-refractivity contribution in [1.82, 2.24) is 5.32 Å². The van der Waals surface area contributed by atoms with Gasteiger partial charge in [-0.25, -0.2) is 0 Å². The second kappa shape index (κ2) is 6.01. The lowest BCUT2D eigenvalue weighted by Crippen LogP contribution is -2.42. The molecule has 1 aliphatic carbocycles. The Kier molecular flexibility index (Phi) is 4.37. The van der Waals surface area contributed by atoms with E-state index in [0.717, 1.165) is 37.7 Å². The first kappa shape index (κ1) is 13.1. The summed E-state index contributed by atoms with van der Waals surface area (Å²) in [6, 6.07) is 7.44. The first-order valence-electron chi connectivity index (χ1n) is 6.72. The van der Waals surface area contributed by atoms with Crippen molar-refractivity contribution in [2.45, 2.75) is 51.2 Å². The van der Waals surface area contributed by atoms with Gasteiger partial charge < -0.3 is 10.4 Å². The molecule has 0 aromatic heterocycles. The lowest BCUT2D eigenvalue weighted by atomic mass is 10.0. The third-order valence-electron chi connectivity index (χ3n) is 3.58. The van der Waals surface area contributed by atoms with Crippen LogP contribution in [0.2, 0.25) is 0 Å². The van der Waals surface area contributed by atoms with Crippen molar-refractivity contribution in [3.8, 4) is 0 Å². The molecule has 0 bridgehead atoms. The highest BCUT2D eigenvalue weighted by molar-refractivity contribution is 5.94. The van der Waals surface area contributed by atoms with Gasteiger partial charge in [0.05, 0.1) is 12.1 Å². The maximum atomic E-state index is 12.1. The third kappa shape index (κ3) is 3.33. The van der Waals surface area contributed by atoms with E-state index in [1.165, 1.54) is 0 Å². The molecular weight excluding hydrogens is 226 g/mol. The van der Waals surface area contributed by atoms with Crippen LogP contribution in [0.15, 0.2) is 24.3 Å². The fourth-order valence-electron chi connectivity index (χ4n) is 2.49. The van der Waals surface area contributed by atoms with Gasteiger partial charge in [0, 0.05) is 5.56 Å². The Labute approximate surface area is 108 Å². The van der Waals surface area contributed by atoms with E-state index >= 15 is 0 Å². The zero-order chi connectivity index (χ0) is 13.0. The van der Waals surface area contributed by atoms with Gasteiger partial charge in [-0.3, -0.25) is 4.79 Å². The summed E-state index contributed by atoms with van der Waals surface area (Å²) in [5, 5.41) is 12.9. The van der Waals surface area contributed by atoms with Crippen LogP contribution < -0.4 is 5.32 Å². The molecular formula is C15H21NO2. The van der Waals surface area contributed by atoms with E-state index in [9.17, 15) is 9.90 Å². The van der Waals surface area contributed by atoms with Gasteiger partial charge in [-0.2, -0.15) is 0 Å². The predicted octanol–water partition coefficient (Wildman–Crippen LogP) is 2.42. The fourth-order valence-corrected chi connectivity index (χ4v) is 2.49. The molecule has 1 aromatic carbocycles. The molecule has 2 rings (SSSR count). The number of rotatable bonds is 2. The molecule has 98 valence electrons. The van der Waals surface area contributed by atoms with Crippen LogP contribution in [0.4, 0.5) is 0 Å². The van der Waals surface area contributed by atoms with Gasteiger partial charge in [0.2, 0.25) is 0 Å². The summed E-state index contributed by atoms with van der Waals surface area (Å²) in [6.07, 6.45) is 4.54. The Hall–Kier alpha value is -1.35. The van der Waals surface area contributed by atoms with Crippen LogP contribution in [0.5, 0.6) is 0 Å². The molecule has 0 radical (unpaired) electrons. The molecule has 0 spiro atoms. The summed E-state index contributed by atoms with van der Waals surface area (Å²) in [4.78, 5) is 12.1. The van der Waals surface area contributed by atoms with E-state index in [1.54, 1.807) is 0 Å². The summed E-state index contributed by atoms with van der Waals surface area (Å²) >= 11 is 0. The molecule has 0 saturated heterocycles. The molecule has 1 amide bonds. The lowest BCUT2D eigenvalue weighted by Gasteiger charge is -2.21. The predicted molar refractivity (Wildman–Crippen MR) is 71.5 cm³/mol. The van der Waals surface area contributed by atoms with Crippen molar-refractivity contribution in [1.29, 1.82) is 0 Å². The van der Waals surface area contributed by atoms with Crippen LogP contribution in [-0.4, -0.2) is 23.2 Å². The van der Waals surface area contributed by atoms with Crippen molar-refractivity contribution in [2.75, 3.05) is 0 Å². The zero-order valence-corrected chi connectivity index (χ0v) is 10.9. The largest absolute Gasteiger partial charge is 0.391 e. The summed E-state index contributed by atoms with van der Waals surface area (Å²) in [5.74, 6) is -0.0790. The molecule has 3 nitrogen and oxygen atoms in total. The number of nitrogens with one attached hydrogen (secondary N) is 1. The van der Waals surface area contributed by atoms with Crippen LogP contribution in [-0.2, 0) is 0 Å². The van der Waals surface area contributed by atoms with Crippen LogP contribution in [0.3, 0.4) is 0 Å². The standard InChI is InChI=1S/C15H21NO2/c1-11-6-5-7-12(10-11)15(18)16-13-8-3-2-4-9-14(13)17/h5-7,10,13-14,17H,2-4,8-9H2,1H3,(H,16,18). The van der Waals surface area contributed by atoms with E-state index in [2.05, 4.69) is 5.32 Å². The highest BCUT2D eigenvalue weighted by Crippen LogP contribution is 2.18. The smallest absolute Gasteiger partial charge is 0.251 e. The lowest BCUT2D eigenvalue weighted by molar-refractivity contribution is 0.0818. The average Bonchev–Trinajstić information content (AvgIpc) is 2.55. The van der Waals surface area contributed by atoms with Gasteiger partial charge in [-0.05, 0) is 31.9 Å². The number of aliphatic hydroxyl groups excluding tert-OH is 1. The van der Waals surface area contributed by atoms with Gasteiger partial charge in [-0.15, -0.1) is 0 Å². The number of hydrogen-bond acceptors (Lipinski definition) is 2. The zero-order valence-electron chi connectivity index (χ0n) is 10.9. The van der Waals surface area contributed by atoms with Crippen LogP contribution >= 0.6 is 0 Å². The first-order valence-corrected chi connectivity index (χ1v) is 6.72. The minimum absolute atomic E-state index is 0.0790. The van der Waals surface area contributed by atoms with E-state index in [-0.39, 0.29) is 11.9 Å². The second-order valence-electron chi connectivity index (χ2n) is 5.15. The summed E-state index contributed by atoms with van der Waals surface area (Å²) < 4.78 is 0. The maximum Gasteiger partial charge on any atom is 0.251 e. The molecule has 18 heavy (non-hydrogen) atoms. The topological polar surface area (TPSA) is 49.3 Å². The third-order valence-corrected chi connectivity index (χ3v) is 3.58. The van der Waals surface area contributed by atoms with Crippen molar-refractivity contribution >= 4 is 5.91 Å². The Morgan fingerprint density at radius 2 is 2.06 bits per heavy atom. The number of amides is 1. The van der Waals surface area contributed by atoms with E-state index < -0.39 is 6.10 Å². The Morgan fingerprint density at radius 3 is 2.83 bits per heavy atom. The summed E-state index contributed by atoms with van der Waals surface area (Å²) in [7, 11) is 0. The number of hydrogen-bond donors (Lipinski definition) is 2.